The van der Waals surface area contributed by atoms with Gasteiger partial charge in [-0.2, -0.15) is 0 Å². The molecule has 0 spiro atoms. The Bertz CT molecular complexity index is 2250. The molecule has 0 fully saturated rings. The number of benzene rings is 4. The van der Waals surface area contributed by atoms with Crippen LogP contribution in [0.2, 0.25) is 0 Å². The highest BCUT2D eigenvalue weighted by Gasteiger charge is 2.27. The summed E-state index contributed by atoms with van der Waals surface area (Å²) in [5.41, 5.74) is 28.7. The summed E-state index contributed by atoms with van der Waals surface area (Å²) in [4.78, 5) is 2.48. The van der Waals surface area contributed by atoms with Crippen molar-refractivity contribution in [2.45, 2.75) is 98.3 Å². The van der Waals surface area contributed by atoms with Crippen molar-refractivity contribution in [1.29, 1.82) is 0 Å². The summed E-state index contributed by atoms with van der Waals surface area (Å²) in [6, 6.07) is 30.0. The normalized spacial score (nSPS) is 15.0. The highest BCUT2D eigenvalue weighted by Crippen LogP contribution is 2.40. The van der Waals surface area contributed by atoms with E-state index in [1.165, 1.54) is 15.4 Å². The second kappa shape index (κ2) is 19.2. The number of thioether (sulfide) groups is 1. The van der Waals surface area contributed by atoms with E-state index in [0.717, 1.165) is 88.8 Å². The monoisotopic (exact) mass is 818 g/mol. The van der Waals surface area contributed by atoms with E-state index in [1.54, 1.807) is 11.8 Å². The molecule has 0 saturated carbocycles. The first-order chi connectivity index (χ1) is 28.0. The van der Waals surface area contributed by atoms with Crippen LogP contribution >= 0.6 is 11.8 Å². The minimum absolute atomic E-state index is 0.0926. The summed E-state index contributed by atoms with van der Waals surface area (Å²) in [5.74, 6) is 7.51. The van der Waals surface area contributed by atoms with Crippen LogP contribution in [0.1, 0.15) is 93.6 Å². The van der Waals surface area contributed by atoms with Crippen LogP contribution < -0.4 is 58.4 Å². The molecule has 4 aromatic carbocycles. The van der Waals surface area contributed by atoms with Crippen LogP contribution in [0.5, 0.6) is 17.2 Å². The van der Waals surface area contributed by atoms with Crippen molar-refractivity contribution < 1.29 is 14.2 Å². The zero-order valence-corrected chi connectivity index (χ0v) is 36.7. The van der Waals surface area contributed by atoms with Crippen LogP contribution in [-0.4, -0.2) is 0 Å². The molecule has 0 radical (unpaired) electrons. The van der Waals surface area contributed by atoms with Gasteiger partial charge in [-0.15, -0.1) is 0 Å². The maximum Gasteiger partial charge on any atom is 0.150 e. The van der Waals surface area contributed by atoms with E-state index in [1.807, 2.05) is 79.7 Å². The van der Waals surface area contributed by atoms with Crippen molar-refractivity contribution >= 4 is 34.5 Å². The fraction of sp³-hybridized carbons (Fsp3) is 0.319. The average Bonchev–Trinajstić information content (AvgIpc) is 3.19. The number of unbranched alkanes of at least 4 members (excludes halogenated alkanes) is 1. The van der Waals surface area contributed by atoms with E-state index in [4.69, 9.17) is 37.1 Å². The van der Waals surface area contributed by atoms with E-state index in [0.29, 0.717) is 17.5 Å². The number of para-hydroxylation sites is 5. The number of hydrogen-bond acceptors (Lipinski definition) is 12. The van der Waals surface area contributed by atoms with Gasteiger partial charge in [-0.1, -0.05) is 116 Å². The van der Waals surface area contributed by atoms with Crippen molar-refractivity contribution in [2.24, 2.45) is 28.3 Å². The number of hydrogen-bond donors (Lipinski definition) is 8. The van der Waals surface area contributed by atoms with Gasteiger partial charge in [0, 0.05) is 21.6 Å². The molecule has 12 N–H and O–H groups in total. The van der Waals surface area contributed by atoms with Gasteiger partial charge in [0.15, 0.2) is 17.2 Å². The van der Waals surface area contributed by atoms with Crippen LogP contribution in [0, 0.1) is 5.41 Å². The molecule has 8 rings (SSSR count). The minimum atomic E-state index is -0.0926. The molecule has 4 heterocycles. The molecule has 4 aliphatic rings. The molecule has 0 amide bonds. The largest absolute Gasteiger partial charge is 0.456 e. The summed E-state index contributed by atoms with van der Waals surface area (Å²) in [6.07, 6.45) is 4.11. The molecule has 0 bridgehead atoms. The molecule has 0 unspecified atom stereocenters. The second-order valence-electron chi connectivity index (χ2n) is 16.5. The molecular weight excluding hydrogens is 757 g/mol. The Kier molecular flexibility index (Phi) is 14.3. The van der Waals surface area contributed by atoms with Crippen LogP contribution in [0.3, 0.4) is 0 Å². The van der Waals surface area contributed by atoms with Crippen molar-refractivity contribution in [1.82, 2.24) is 0 Å². The summed E-state index contributed by atoms with van der Waals surface area (Å²) < 4.78 is 17.1. The van der Waals surface area contributed by atoms with Gasteiger partial charge in [0.05, 0.1) is 22.7 Å². The second-order valence-corrected chi connectivity index (χ2v) is 17.6. The molecule has 314 valence electrons. The smallest absolute Gasteiger partial charge is 0.150 e. The van der Waals surface area contributed by atoms with Gasteiger partial charge in [0.25, 0.3) is 0 Å². The Balaban J connectivity index is 0.000000150. The first kappa shape index (κ1) is 44.1. The Morgan fingerprint density at radius 2 is 1.10 bits per heavy atom. The SMILES string of the molecule is CC(C)(C)C1=C(N)Nc2ccccc2O1.CC1=C(N)Nc2cc(C(C)(C)C)ccc2O1.CCC1=C(N)Nc2ccccc2S1.CCCCC1=C(N)Nc2ccccc2O1. The zero-order chi connectivity index (χ0) is 42.9. The number of ether oxygens (including phenoxy) is 3. The molecule has 0 atom stereocenters. The first-order valence-electron chi connectivity index (χ1n) is 20.1. The summed E-state index contributed by atoms with van der Waals surface area (Å²) in [7, 11) is 0. The van der Waals surface area contributed by atoms with Gasteiger partial charge in [0.1, 0.15) is 40.6 Å². The summed E-state index contributed by atoms with van der Waals surface area (Å²) in [6.45, 7) is 18.9. The Morgan fingerprint density at radius 1 is 0.559 bits per heavy atom. The van der Waals surface area contributed by atoms with Crippen molar-refractivity contribution in [3.8, 4) is 17.2 Å². The highest BCUT2D eigenvalue weighted by molar-refractivity contribution is 8.03. The number of nitrogens with one attached hydrogen (secondary N) is 4. The van der Waals surface area contributed by atoms with Gasteiger partial charge >= 0.3 is 0 Å². The third kappa shape index (κ3) is 11.6. The van der Waals surface area contributed by atoms with Gasteiger partial charge < -0.3 is 58.4 Å². The molecule has 0 aromatic heterocycles. The summed E-state index contributed by atoms with van der Waals surface area (Å²) >= 11 is 1.76. The van der Waals surface area contributed by atoms with E-state index >= 15 is 0 Å². The predicted octanol–water partition coefficient (Wildman–Crippen LogP) is 11.2. The lowest BCUT2D eigenvalue weighted by molar-refractivity contribution is 0.284. The minimum Gasteiger partial charge on any atom is -0.456 e. The average molecular weight is 819 g/mol. The van der Waals surface area contributed by atoms with Gasteiger partial charge in [-0.3, -0.25) is 0 Å². The van der Waals surface area contributed by atoms with E-state index < -0.39 is 0 Å². The molecule has 0 saturated heterocycles. The molecule has 0 aliphatic carbocycles. The fourth-order valence-electron chi connectivity index (χ4n) is 6.13. The number of allylic oxidation sites excluding steroid dienone is 4. The zero-order valence-electron chi connectivity index (χ0n) is 35.9. The lowest BCUT2D eigenvalue weighted by Gasteiger charge is -2.30. The fourth-order valence-corrected chi connectivity index (χ4v) is 7.07. The molecule has 4 aromatic rings. The first-order valence-corrected chi connectivity index (χ1v) is 20.9. The van der Waals surface area contributed by atoms with Crippen molar-refractivity contribution in [2.75, 3.05) is 21.3 Å². The molecule has 4 aliphatic heterocycles. The topological polar surface area (TPSA) is 180 Å². The van der Waals surface area contributed by atoms with Gasteiger partial charge in [-0.05, 0) is 79.3 Å². The molecule has 12 heteroatoms. The number of fused-ring (bicyclic) bond motifs is 4. The number of anilines is 4. The van der Waals surface area contributed by atoms with E-state index in [2.05, 4.69) is 94.9 Å². The van der Waals surface area contributed by atoms with E-state index in [9.17, 15) is 0 Å². The maximum absolute atomic E-state index is 5.92. The number of rotatable bonds is 4. The molecular formula is C47H62N8O3S. The van der Waals surface area contributed by atoms with Crippen LogP contribution in [0.25, 0.3) is 0 Å². The molecule has 59 heavy (non-hydrogen) atoms. The van der Waals surface area contributed by atoms with Gasteiger partial charge in [-0.25, -0.2) is 0 Å². The Morgan fingerprint density at radius 3 is 1.71 bits per heavy atom. The number of nitrogens with two attached hydrogens (primary N) is 4. The summed E-state index contributed by atoms with van der Waals surface area (Å²) in [5, 5.41) is 12.7. The lowest BCUT2D eigenvalue weighted by atomic mass is 9.86. The highest BCUT2D eigenvalue weighted by atomic mass is 32.2. The third-order valence-corrected chi connectivity index (χ3v) is 10.8. The third-order valence-electron chi connectivity index (χ3n) is 9.51. The Hall–Kier alpha value is -6.01. The van der Waals surface area contributed by atoms with Crippen LogP contribution in [-0.2, 0) is 5.41 Å². The quantitative estimate of drug-likeness (QED) is 0.0978. The lowest BCUT2D eigenvalue weighted by Crippen LogP contribution is -2.27. The van der Waals surface area contributed by atoms with Crippen LogP contribution in [0.4, 0.5) is 22.7 Å². The van der Waals surface area contributed by atoms with E-state index in [-0.39, 0.29) is 10.8 Å². The standard InChI is InChI=1S/C13H18N2O.2C12H16N2O.C10H12N2S/c1-8-12(14)15-10-7-9(13(2,3)4)5-6-11(10)16-8;1-12(2,3)10-11(13)14-8-6-4-5-7-9(8)15-10;1-2-3-7-11-12(13)14-9-6-4-5-8-10(9)15-11;1-2-8-10(11)12-7-5-3-4-6-9(7)13-8/h5-7,15H,14H2,1-4H3;4-7,14H,13H2,1-3H3;4-6,8,14H,2-3,7,13H2,1H3;3-6,12H,2,11H2,1H3. The van der Waals surface area contributed by atoms with Crippen molar-refractivity contribution in [3.63, 3.8) is 0 Å². The predicted molar refractivity (Wildman–Crippen MR) is 246 cm³/mol. The van der Waals surface area contributed by atoms with Crippen LogP contribution in [0.15, 0.2) is 141 Å². The van der Waals surface area contributed by atoms with Gasteiger partial charge in [0.2, 0.25) is 0 Å². The Labute approximate surface area is 354 Å². The maximum atomic E-state index is 5.92. The molecule has 11 nitrogen and oxygen atoms in total. The van der Waals surface area contributed by atoms with Crippen molar-refractivity contribution in [3.05, 3.63) is 142 Å².